The first kappa shape index (κ1) is 30.5. The fraction of sp³-hybridized carbons (Fsp3) is 0.0968. The highest BCUT2D eigenvalue weighted by Gasteiger charge is 2.37. The van der Waals surface area contributed by atoms with E-state index < -0.39 is 35.8 Å². The number of halogens is 7. The lowest BCUT2D eigenvalue weighted by Crippen LogP contribution is -2.30. The zero-order chi connectivity index (χ0) is 30.7. The molecular formula is C31H22ClF6N3O. The number of hydrogen-bond acceptors (Lipinski definition) is 4. The van der Waals surface area contributed by atoms with Crippen molar-refractivity contribution in [2.75, 3.05) is 0 Å². The number of carbonyl (C=O) groups is 1. The third kappa shape index (κ3) is 6.72. The molecule has 0 aromatic heterocycles. The van der Waals surface area contributed by atoms with Gasteiger partial charge in [-0.1, -0.05) is 78.3 Å². The van der Waals surface area contributed by atoms with E-state index in [-0.39, 0.29) is 44.7 Å². The van der Waals surface area contributed by atoms with Gasteiger partial charge in [-0.15, -0.1) is 0 Å². The standard InChI is InChI=1S/C31H22ClF6N3O/c1-40-27(23-11-5-6-12-24(23)29(42)25-13-7-8-14-26(25)32)28(20-9-3-2-4-10-20)41(39)18-19-15-21(30(33,34)35)17-22(16-19)31(36,37)38/h2-17H,1,18,39H2/b28-27-. The largest absolute Gasteiger partial charge is 0.416 e. The van der Waals surface area contributed by atoms with E-state index in [1.165, 1.54) is 6.07 Å². The van der Waals surface area contributed by atoms with Crippen molar-refractivity contribution >= 4 is 35.5 Å². The number of aliphatic imine (C=N–C) groups is 1. The van der Waals surface area contributed by atoms with Crippen LogP contribution in [-0.4, -0.2) is 17.5 Å². The number of ketones is 1. The maximum atomic E-state index is 13.6. The van der Waals surface area contributed by atoms with Crippen molar-refractivity contribution in [3.05, 3.63) is 141 Å². The number of benzene rings is 4. The Balaban J connectivity index is 1.90. The molecule has 0 saturated carbocycles. The highest BCUT2D eigenvalue weighted by atomic mass is 35.5. The van der Waals surface area contributed by atoms with E-state index in [0.717, 1.165) is 5.01 Å². The van der Waals surface area contributed by atoms with Crippen LogP contribution in [0.2, 0.25) is 5.02 Å². The summed E-state index contributed by atoms with van der Waals surface area (Å²) in [6, 6.07) is 22.3. The summed E-state index contributed by atoms with van der Waals surface area (Å²) in [6.07, 6.45) is -10.1. The molecule has 4 aromatic rings. The number of hydrazine groups is 1. The van der Waals surface area contributed by atoms with Crippen molar-refractivity contribution in [3.8, 4) is 0 Å². The van der Waals surface area contributed by atoms with E-state index in [2.05, 4.69) is 11.7 Å². The summed E-state index contributed by atoms with van der Waals surface area (Å²) in [5, 5.41) is 1.19. The van der Waals surface area contributed by atoms with Crippen LogP contribution in [0, 0.1) is 0 Å². The Morgan fingerprint density at radius 1 is 0.762 bits per heavy atom. The van der Waals surface area contributed by atoms with Gasteiger partial charge in [-0.3, -0.25) is 9.79 Å². The second-order valence-corrected chi connectivity index (χ2v) is 9.53. The molecule has 0 radical (unpaired) electrons. The van der Waals surface area contributed by atoms with Gasteiger partial charge in [-0.25, -0.2) is 5.84 Å². The topological polar surface area (TPSA) is 58.7 Å². The van der Waals surface area contributed by atoms with Crippen molar-refractivity contribution in [2.45, 2.75) is 18.9 Å². The lowest BCUT2D eigenvalue weighted by molar-refractivity contribution is -0.143. The second kappa shape index (κ2) is 12.2. The van der Waals surface area contributed by atoms with Crippen LogP contribution in [0.1, 0.15) is 43.7 Å². The van der Waals surface area contributed by atoms with Gasteiger partial charge in [-0.05, 0) is 42.6 Å². The van der Waals surface area contributed by atoms with Gasteiger partial charge in [0.1, 0.15) is 0 Å². The van der Waals surface area contributed by atoms with Gasteiger partial charge in [-0.2, -0.15) is 26.3 Å². The van der Waals surface area contributed by atoms with Gasteiger partial charge >= 0.3 is 12.4 Å². The number of nitrogens with two attached hydrogens (primary N) is 1. The Morgan fingerprint density at radius 3 is 1.79 bits per heavy atom. The third-order valence-electron chi connectivity index (χ3n) is 6.26. The van der Waals surface area contributed by atoms with Gasteiger partial charge in [0.15, 0.2) is 5.78 Å². The quantitative estimate of drug-likeness (QED) is 0.0550. The number of rotatable bonds is 8. The van der Waals surface area contributed by atoms with Crippen molar-refractivity contribution in [1.82, 2.24) is 5.01 Å². The Bertz CT molecular complexity index is 1620. The van der Waals surface area contributed by atoms with Crippen LogP contribution in [0.4, 0.5) is 26.3 Å². The van der Waals surface area contributed by atoms with Crippen LogP contribution in [-0.2, 0) is 18.9 Å². The lowest BCUT2D eigenvalue weighted by Gasteiger charge is -2.26. The molecule has 42 heavy (non-hydrogen) atoms. The summed E-state index contributed by atoms with van der Waals surface area (Å²) in [6.45, 7) is 3.06. The molecule has 0 amide bonds. The van der Waals surface area contributed by atoms with Crippen LogP contribution in [0.25, 0.3) is 11.4 Å². The molecular weight excluding hydrogens is 580 g/mol. The Labute approximate surface area is 242 Å². The zero-order valence-corrected chi connectivity index (χ0v) is 22.4. The van der Waals surface area contributed by atoms with Gasteiger partial charge in [0, 0.05) is 22.3 Å². The van der Waals surface area contributed by atoms with Crippen molar-refractivity contribution in [1.29, 1.82) is 0 Å². The monoisotopic (exact) mass is 601 g/mol. The van der Waals surface area contributed by atoms with E-state index in [1.807, 2.05) is 0 Å². The summed E-state index contributed by atoms with van der Waals surface area (Å²) >= 11 is 6.27. The summed E-state index contributed by atoms with van der Waals surface area (Å²) in [7, 11) is 0. The van der Waals surface area contributed by atoms with Crippen LogP contribution < -0.4 is 5.84 Å². The van der Waals surface area contributed by atoms with Gasteiger partial charge < -0.3 is 5.01 Å². The maximum absolute atomic E-state index is 13.6. The van der Waals surface area contributed by atoms with Gasteiger partial charge in [0.2, 0.25) is 0 Å². The Hall–Kier alpha value is -4.41. The summed E-state index contributed by atoms with van der Waals surface area (Å²) in [5.74, 6) is 5.95. The smallest absolute Gasteiger partial charge is 0.304 e. The van der Waals surface area contributed by atoms with Gasteiger partial charge in [0.05, 0.1) is 34.1 Å². The number of carbonyl (C=O) groups excluding carboxylic acids is 1. The Morgan fingerprint density at radius 2 is 1.26 bits per heavy atom. The molecule has 2 N–H and O–H groups in total. The Kier molecular flexibility index (Phi) is 8.89. The second-order valence-electron chi connectivity index (χ2n) is 9.12. The average Bonchev–Trinajstić information content (AvgIpc) is 2.95. The highest BCUT2D eigenvalue weighted by molar-refractivity contribution is 6.35. The lowest BCUT2D eigenvalue weighted by atomic mass is 9.94. The predicted octanol–water partition coefficient (Wildman–Crippen LogP) is 8.51. The molecule has 4 rings (SSSR count). The minimum Gasteiger partial charge on any atom is -0.304 e. The molecule has 4 nitrogen and oxygen atoms in total. The predicted molar refractivity (Wildman–Crippen MR) is 150 cm³/mol. The summed E-state index contributed by atoms with van der Waals surface area (Å²) < 4.78 is 81.0. The third-order valence-corrected chi connectivity index (χ3v) is 6.59. The molecule has 0 unspecified atom stereocenters. The first-order chi connectivity index (χ1) is 19.8. The van der Waals surface area contributed by atoms with E-state index in [0.29, 0.717) is 17.7 Å². The van der Waals surface area contributed by atoms with E-state index in [9.17, 15) is 31.1 Å². The minimum absolute atomic E-state index is 0.0472. The van der Waals surface area contributed by atoms with Crippen LogP contribution >= 0.6 is 11.6 Å². The van der Waals surface area contributed by atoms with Crippen molar-refractivity contribution in [3.63, 3.8) is 0 Å². The summed E-state index contributed by atoms with van der Waals surface area (Å²) in [5.41, 5.74) is -2.03. The fourth-order valence-electron chi connectivity index (χ4n) is 4.39. The van der Waals surface area contributed by atoms with E-state index in [1.54, 1.807) is 72.8 Å². The zero-order valence-electron chi connectivity index (χ0n) is 21.7. The molecule has 0 bridgehead atoms. The van der Waals surface area contributed by atoms with Crippen LogP contribution in [0.15, 0.2) is 102 Å². The van der Waals surface area contributed by atoms with Crippen molar-refractivity contribution in [2.24, 2.45) is 10.8 Å². The van der Waals surface area contributed by atoms with E-state index in [4.69, 9.17) is 17.4 Å². The first-order valence-corrected chi connectivity index (χ1v) is 12.6. The number of alkyl halides is 6. The molecule has 0 aliphatic rings. The number of nitrogens with zero attached hydrogens (tertiary/aromatic N) is 2. The SMILES string of the molecule is C=N/C(=C(/c1ccccc1)N(N)Cc1cc(C(F)(F)F)cc(C(F)(F)F)c1)c1ccccc1C(=O)c1ccccc1Cl. The fourth-order valence-corrected chi connectivity index (χ4v) is 4.61. The normalized spacial score (nSPS) is 12.5. The van der Waals surface area contributed by atoms with Gasteiger partial charge in [0.25, 0.3) is 0 Å². The minimum atomic E-state index is -5.03. The number of hydrogen-bond donors (Lipinski definition) is 1. The van der Waals surface area contributed by atoms with Crippen LogP contribution in [0.3, 0.4) is 0 Å². The molecule has 11 heteroatoms. The molecule has 0 saturated heterocycles. The molecule has 4 aromatic carbocycles. The van der Waals surface area contributed by atoms with E-state index >= 15 is 0 Å². The average molecular weight is 602 g/mol. The summed E-state index contributed by atoms with van der Waals surface area (Å²) in [4.78, 5) is 17.7. The molecule has 216 valence electrons. The molecule has 0 atom stereocenters. The van der Waals surface area contributed by atoms with Crippen molar-refractivity contribution < 1.29 is 31.1 Å². The maximum Gasteiger partial charge on any atom is 0.416 e. The molecule has 0 heterocycles. The van der Waals surface area contributed by atoms with Crippen LogP contribution in [0.5, 0.6) is 0 Å². The highest BCUT2D eigenvalue weighted by Crippen LogP contribution is 2.38. The molecule has 0 aliphatic heterocycles. The first-order valence-electron chi connectivity index (χ1n) is 12.3. The molecule has 0 fully saturated rings. The molecule has 0 spiro atoms. The molecule has 0 aliphatic carbocycles.